The molecule has 3 rings (SSSR count). The summed E-state index contributed by atoms with van der Waals surface area (Å²) >= 11 is 0. The Morgan fingerprint density at radius 2 is 2.04 bits per heavy atom. The molecule has 1 aliphatic carbocycles. The average molecular weight is 311 g/mol. The van der Waals surface area contributed by atoms with Gasteiger partial charge in [-0.05, 0) is 18.4 Å². The lowest BCUT2D eigenvalue weighted by Gasteiger charge is -2.00. The maximum Gasteiger partial charge on any atom is 0.329 e. The van der Waals surface area contributed by atoms with Gasteiger partial charge < -0.3 is 5.32 Å². The first kappa shape index (κ1) is 15.0. The van der Waals surface area contributed by atoms with Crippen LogP contribution in [0.15, 0.2) is 47.8 Å². The SMILES string of the molecule is O=C(N/N=C\c1cnn(Cc2ccccc2)c1)C(=O)NC1CC1. The summed E-state index contributed by atoms with van der Waals surface area (Å²) < 4.78 is 1.78. The number of nitrogens with zero attached hydrogens (tertiary/aromatic N) is 3. The Balaban J connectivity index is 1.50. The number of rotatable bonds is 5. The second-order valence-electron chi connectivity index (χ2n) is 5.40. The molecule has 0 atom stereocenters. The zero-order valence-electron chi connectivity index (χ0n) is 12.5. The van der Waals surface area contributed by atoms with Crippen LogP contribution in [0.2, 0.25) is 0 Å². The van der Waals surface area contributed by atoms with Crippen molar-refractivity contribution in [3.05, 3.63) is 53.9 Å². The molecule has 2 N–H and O–H groups in total. The highest BCUT2D eigenvalue weighted by atomic mass is 16.2. The third-order valence-corrected chi connectivity index (χ3v) is 3.34. The van der Waals surface area contributed by atoms with Crippen LogP contribution in [0.25, 0.3) is 0 Å². The number of benzene rings is 1. The van der Waals surface area contributed by atoms with E-state index in [1.807, 2.05) is 36.5 Å². The lowest BCUT2D eigenvalue weighted by Crippen LogP contribution is -2.38. The number of carbonyl (C=O) groups excluding carboxylic acids is 2. The van der Waals surface area contributed by atoms with E-state index in [2.05, 4.69) is 20.9 Å². The molecule has 0 unspecified atom stereocenters. The monoisotopic (exact) mass is 311 g/mol. The second-order valence-corrected chi connectivity index (χ2v) is 5.40. The van der Waals surface area contributed by atoms with Gasteiger partial charge in [-0.2, -0.15) is 10.2 Å². The van der Waals surface area contributed by atoms with Gasteiger partial charge in [0, 0.05) is 17.8 Å². The molecule has 0 aliphatic heterocycles. The summed E-state index contributed by atoms with van der Waals surface area (Å²) in [5.74, 6) is -1.41. The summed E-state index contributed by atoms with van der Waals surface area (Å²) in [5, 5.41) is 10.6. The highest BCUT2D eigenvalue weighted by Gasteiger charge is 2.26. The quantitative estimate of drug-likeness (QED) is 0.483. The van der Waals surface area contributed by atoms with E-state index in [9.17, 15) is 9.59 Å². The summed E-state index contributed by atoms with van der Waals surface area (Å²) in [6.45, 7) is 0.658. The predicted octanol–water partition coefficient (Wildman–Crippen LogP) is 0.660. The molecule has 7 nitrogen and oxygen atoms in total. The summed E-state index contributed by atoms with van der Waals surface area (Å²) in [7, 11) is 0. The summed E-state index contributed by atoms with van der Waals surface area (Å²) in [4.78, 5) is 22.9. The van der Waals surface area contributed by atoms with Crippen LogP contribution in [0.5, 0.6) is 0 Å². The summed E-state index contributed by atoms with van der Waals surface area (Å²) in [5.41, 5.74) is 4.09. The van der Waals surface area contributed by atoms with Gasteiger partial charge >= 0.3 is 11.8 Å². The van der Waals surface area contributed by atoms with Crippen LogP contribution in [0.3, 0.4) is 0 Å². The third kappa shape index (κ3) is 4.50. The van der Waals surface area contributed by atoms with Gasteiger partial charge in [-0.25, -0.2) is 5.43 Å². The average Bonchev–Trinajstić information content (AvgIpc) is 3.26. The zero-order valence-corrected chi connectivity index (χ0v) is 12.5. The molecule has 1 aromatic heterocycles. The first-order chi connectivity index (χ1) is 11.2. The van der Waals surface area contributed by atoms with Crippen LogP contribution in [0.4, 0.5) is 0 Å². The standard InChI is InChI=1S/C16H17N5O2/c22-15(19-14-6-7-14)16(23)20-17-8-13-9-18-21(11-13)10-12-4-2-1-3-5-12/h1-5,8-9,11,14H,6-7,10H2,(H,19,22)(H,20,23)/b17-8-. The van der Waals surface area contributed by atoms with Gasteiger partial charge in [0.1, 0.15) is 0 Å². The fourth-order valence-electron chi connectivity index (χ4n) is 2.00. The van der Waals surface area contributed by atoms with Gasteiger partial charge in [0.15, 0.2) is 0 Å². The van der Waals surface area contributed by atoms with Crippen molar-refractivity contribution in [2.75, 3.05) is 0 Å². The van der Waals surface area contributed by atoms with Crippen molar-refractivity contribution < 1.29 is 9.59 Å². The minimum atomic E-state index is -0.759. The molecule has 0 radical (unpaired) electrons. The van der Waals surface area contributed by atoms with Gasteiger partial charge in [0.25, 0.3) is 0 Å². The Labute approximate surface area is 133 Å². The highest BCUT2D eigenvalue weighted by molar-refractivity contribution is 6.35. The van der Waals surface area contributed by atoms with E-state index in [4.69, 9.17) is 0 Å². The van der Waals surface area contributed by atoms with E-state index >= 15 is 0 Å². The van der Waals surface area contributed by atoms with Crippen LogP contribution in [0.1, 0.15) is 24.0 Å². The maximum atomic E-state index is 11.5. The van der Waals surface area contributed by atoms with Crippen LogP contribution in [0, 0.1) is 0 Å². The number of hydrogen-bond acceptors (Lipinski definition) is 4. The minimum absolute atomic E-state index is 0.147. The van der Waals surface area contributed by atoms with Gasteiger partial charge in [0.2, 0.25) is 0 Å². The van der Waals surface area contributed by atoms with E-state index in [0.29, 0.717) is 6.54 Å². The van der Waals surface area contributed by atoms with Crippen LogP contribution in [-0.2, 0) is 16.1 Å². The molecule has 0 bridgehead atoms. The Hall–Kier alpha value is -2.96. The van der Waals surface area contributed by atoms with Crippen molar-refractivity contribution in [2.45, 2.75) is 25.4 Å². The van der Waals surface area contributed by atoms with Crippen molar-refractivity contribution in [3.63, 3.8) is 0 Å². The van der Waals surface area contributed by atoms with Crippen LogP contribution < -0.4 is 10.7 Å². The molecular formula is C16H17N5O2. The highest BCUT2D eigenvalue weighted by Crippen LogP contribution is 2.18. The lowest BCUT2D eigenvalue weighted by molar-refractivity contribution is -0.139. The van der Waals surface area contributed by atoms with Crippen molar-refractivity contribution in [1.82, 2.24) is 20.5 Å². The number of hydrogen-bond donors (Lipinski definition) is 2. The van der Waals surface area contributed by atoms with E-state index in [1.54, 1.807) is 10.9 Å². The lowest BCUT2D eigenvalue weighted by atomic mass is 10.2. The smallest absolute Gasteiger partial charge is 0.329 e. The number of hydrazone groups is 1. The molecule has 7 heteroatoms. The first-order valence-corrected chi connectivity index (χ1v) is 7.41. The van der Waals surface area contributed by atoms with Gasteiger partial charge in [-0.1, -0.05) is 30.3 Å². The van der Waals surface area contributed by atoms with Gasteiger partial charge in [-0.3, -0.25) is 14.3 Å². The van der Waals surface area contributed by atoms with Crippen molar-refractivity contribution in [2.24, 2.45) is 5.10 Å². The molecule has 23 heavy (non-hydrogen) atoms. The minimum Gasteiger partial charge on any atom is -0.345 e. The summed E-state index contributed by atoms with van der Waals surface area (Å²) in [6, 6.07) is 10.1. The van der Waals surface area contributed by atoms with Crippen molar-refractivity contribution >= 4 is 18.0 Å². The Kier molecular flexibility index (Phi) is 4.46. The molecule has 1 aromatic carbocycles. The first-order valence-electron chi connectivity index (χ1n) is 7.41. The molecule has 0 saturated heterocycles. The largest absolute Gasteiger partial charge is 0.345 e. The molecular weight excluding hydrogens is 294 g/mol. The van der Waals surface area contributed by atoms with Gasteiger partial charge in [-0.15, -0.1) is 0 Å². The van der Waals surface area contributed by atoms with Crippen molar-refractivity contribution in [1.29, 1.82) is 0 Å². The molecule has 1 aliphatic rings. The summed E-state index contributed by atoms with van der Waals surface area (Å²) in [6.07, 6.45) is 6.78. The number of carbonyl (C=O) groups is 2. The third-order valence-electron chi connectivity index (χ3n) is 3.34. The maximum absolute atomic E-state index is 11.5. The molecule has 118 valence electrons. The van der Waals surface area contributed by atoms with E-state index in [0.717, 1.165) is 24.0 Å². The number of aromatic nitrogens is 2. The molecule has 1 heterocycles. The van der Waals surface area contributed by atoms with E-state index in [1.165, 1.54) is 6.21 Å². The Morgan fingerprint density at radius 1 is 1.26 bits per heavy atom. The second kappa shape index (κ2) is 6.87. The van der Waals surface area contributed by atoms with Crippen LogP contribution in [-0.4, -0.2) is 33.9 Å². The predicted molar refractivity (Wildman–Crippen MR) is 84.7 cm³/mol. The van der Waals surface area contributed by atoms with Crippen molar-refractivity contribution in [3.8, 4) is 0 Å². The van der Waals surface area contributed by atoms with E-state index < -0.39 is 11.8 Å². The fourth-order valence-corrected chi connectivity index (χ4v) is 2.00. The fraction of sp³-hybridized carbons (Fsp3) is 0.250. The Morgan fingerprint density at radius 3 is 2.78 bits per heavy atom. The molecule has 2 aromatic rings. The molecule has 1 saturated carbocycles. The van der Waals surface area contributed by atoms with Gasteiger partial charge in [0.05, 0.1) is 19.0 Å². The van der Waals surface area contributed by atoms with E-state index in [-0.39, 0.29) is 6.04 Å². The topological polar surface area (TPSA) is 88.4 Å². The number of amides is 2. The number of nitrogens with one attached hydrogen (secondary N) is 2. The van der Waals surface area contributed by atoms with Crippen LogP contribution >= 0.6 is 0 Å². The molecule has 1 fully saturated rings. The zero-order chi connectivity index (χ0) is 16.1. The normalized spacial score (nSPS) is 13.9. The molecule has 0 spiro atoms. The Bertz CT molecular complexity index is 719. The molecule has 2 amide bonds.